The Labute approximate surface area is 163 Å². The van der Waals surface area contributed by atoms with Gasteiger partial charge in [0.15, 0.2) is 0 Å². The molecule has 0 bridgehead atoms. The molecule has 0 spiro atoms. The van der Waals surface area contributed by atoms with E-state index in [0.717, 1.165) is 28.3 Å². The minimum absolute atomic E-state index is 0.210. The van der Waals surface area contributed by atoms with Gasteiger partial charge in [0.2, 0.25) is 0 Å². The quantitative estimate of drug-likeness (QED) is 0.549. The first-order chi connectivity index (χ1) is 13.4. The van der Waals surface area contributed by atoms with Crippen molar-refractivity contribution in [3.63, 3.8) is 0 Å². The average molecular weight is 404 g/mol. The molecule has 1 heterocycles. The lowest BCUT2D eigenvalue weighted by molar-refractivity contribution is -0.274. The highest BCUT2D eigenvalue weighted by Crippen LogP contribution is 2.26. The van der Waals surface area contributed by atoms with Gasteiger partial charge in [-0.2, -0.15) is 0 Å². The van der Waals surface area contributed by atoms with Crippen molar-refractivity contribution >= 4 is 23.4 Å². The van der Waals surface area contributed by atoms with Gasteiger partial charge in [0.25, 0.3) is 5.91 Å². The molecule has 3 aromatic rings. The van der Waals surface area contributed by atoms with Gasteiger partial charge >= 0.3 is 6.36 Å². The molecule has 0 atom stereocenters. The number of benzene rings is 2. The fourth-order valence-corrected chi connectivity index (χ4v) is 3.16. The Balaban J connectivity index is 1.59. The summed E-state index contributed by atoms with van der Waals surface area (Å²) in [5, 5.41) is 2.56. The Morgan fingerprint density at radius 2 is 1.86 bits per heavy atom. The van der Waals surface area contributed by atoms with Gasteiger partial charge in [-0.3, -0.25) is 9.78 Å². The number of nitrogens with zero attached hydrogens (tertiary/aromatic N) is 1. The number of hydrogen-bond acceptors (Lipinski definition) is 4. The highest BCUT2D eigenvalue weighted by Gasteiger charge is 2.31. The van der Waals surface area contributed by atoms with Crippen molar-refractivity contribution in [3.05, 3.63) is 84.2 Å². The Hall–Kier alpha value is -3.00. The van der Waals surface area contributed by atoms with Crippen LogP contribution in [0.4, 0.5) is 18.9 Å². The molecular formula is C20H15F3N2O2S. The summed E-state index contributed by atoms with van der Waals surface area (Å²) in [6.07, 6.45) is -1.27. The van der Waals surface area contributed by atoms with Gasteiger partial charge in [0, 0.05) is 40.4 Å². The molecule has 0 aliphatic heterocycles. The summed E-state index contributed by atoms with van der Waals surface area (Å²) in [5.41, 5.74) is 1.70. The number of halogens is 3. The predicted molar refractivity (Wildman–Crippen MR) is 101 cm³/mol. The van der Waals surface area contributed by atoms with Crippen LogP contribution in [-0.2, 0) is 5.75 Å². The van der Waals surface area contributed by atoms with Crippen molar-refractivity contribution in [2.75, 3.05) is 5.32 Å². The number of ether oxygens (including phenoxy) is 1. The zero-order chi connectivity index (χ0) is 20.0. The first kappa shape index (κ1) is 19.8. The Kier molecular flexibility index (Phi) is 6.20. The smallest absolute Gasteiger partial charge is 0.406 e. The lowest BCUT2D eigenvalue weighted by Gasteiger charge is -2.11. The van der Waals surface area contributed by atoms with Gasteiger partial charge in [-0.05, 0) is 48.0 Å². The first-order valence-electron chi connectivity index (χ1n) is 8.18. The van der Waals surface area contributed by atoms with Crippen LogP contribution in [0.25, 0.3) is 0 Å². The number of anilines is 1. The molecule has 3 rings (SSSR count). The summed E-state index contributed by atoms with van der Waals surface area (Å²) in [4.78, 5) is 17.4. The van der Waals surface area contributed by atoms with Crippen molar-refractivity contribution in [1.29, 1.82) is 0 Å². The van der Waals surface area contributed by atoms with Crippen molar-refractivity contribution in [1.82, 2.24) is 4.98 Å². The zero-order valence-electron chi connectivity index (χ0n) is 14.4. The van der Waals surface area contributed by atoms with Crippen molar-refractivity contribution in [3.8, 4) is 5.75 Å². The highest BCUT2D eigenvalue weighted by atomic mass is 32.2. The third kappa shape index (κ3) is 6.02. The maximum Gasteiger partial charge on any atom is 0.573 e. The second kappa shape index (κ2) is 8.79. The van der Waals surface area contributed by atoms with E-state index in [-0.39, 0.29) is 5.69 Å². The van der Waals surface area contributed by atoms with E-state index in [1.807, 2.05) is 24.3 Å². The number of rotatable bonds is 6. The molecule has 0 saturated carbocycles. The molecule has 0 unspecified atom stereocenters. The van der Waals surface area contributed by atoms with Crippen LogP contribution in [0.1, 0.15) is 15.9 Å². The van der Waals surface area contributed by atoms with Crippen LogP contribution in [0.5, 0.6) is 5.75 Å². The molecule has 28 heavy (non-hydrogen) atoms. The van der Waals surface area contributed by atoms with Crippen molar-refractivity contribution in [2.45, 2.75) is 17.0 Å². The summed E-state index contributed by atoms with van der Waals surface area (Å²) in [6.45, 7) is 0. The number of pyridine rings is 1. The minimum atomic E-state index is -4.79. The van der Waals surface area contributed by atoms with Gasteiger partial charge in [-0.25, -0.2) is 0 Å². The van der Waals surface area contributed by atoms with Crippen LogP contribution < -0.4 is 10.1 Å². The van der Waals surface area contributed by atoms with Crippen LogP contribution in [0.2, 0.25) is 0 Å². The average Bonchev–Trinajstić information content (AvgIpc) is 2.66. The normalized spacial score (nSPS) is 11.1. The first-order valence-corrected chi connectivity index (χ1v) is 9.16. The van der Waals surface area contributed by atoms with Crippen molar-refractivity contribution < 1.29 is 22.7 Å². The summed E-state index contributed by atoms with van der Waals surface area (Å²) in [5.74, 6) is -0.0637. The number of carbonyl (C=O) groups is 1. The molecule has 8 heteroatoms. The third-order valence-electron chi connectivity index (χ3n) is 3.57. The molecule has 0 saturated heterocycles. The molecule has 1 N–H and O–H groups in total. The number of hydrogen-bond donors (Lipinski definition) is 1. The molecule has 2 aromatic carbocycles. The van der Waals surface area contributed by atoms with E-state index in [1.54, 1.807) is 36.3 Å². The van der Waals surface area contributed by atoms with E-state index in [2.05, 4.69) is 15.0 Å². The molecule has 0 aliphatic rings. The van der Waals surface area contributed by atoms with E-state index in [0.29, 0.717) is 5.56 Å². The summed E-state index contributed by atoms with van der Waals surface area (Å²) >= 11 is 1.61. The van der Waals surface area contributed by atoms with Crippen molar-refractivity contribution in [2.24, 2.45) is 0 Å². The Morgan fingerprint density at radius 3 is 2.54 bits per heavy atom. The van der Waals surface area contributed by atoms with Gasteiger partial charge in [-0.1, -0.05) is 12.1 Å². The molecule has 1 amide bonds. The minimum Gasteiger partial charge on any atom is -0.406 e. The summed E-state index contributed by atoms with van der Waals surface area (Å²) in [7, 11) is 0. The molecule has 0 aliphatic carbocycles. The number of alkyl halides is 3. The van der Waals surface area contributed by atoms with Gasteiger partial charge in [0.05, 0.1) is 0 Å². The SMILES string of the molecule is O=C(Nc1cccc(OC(F)(F)F)c1)c1ccc(SCc2cccnc2)cc1. The molecule has 0 fully saturated rings. The lowest BCUT2D eigenvalue weighted by Crippen LogP contribution is -2.17. The van der Waals surface area contributed by atoms with Gasteiger partial charge < -0.3 is 10.1 Å². The largest absolute Gasteiger partial charge is 0.573 e. The van der Waals surface area contributed by atoms with E-state index in [9.17, 15) is 18.0 Å². The molecular weight excluding hydrogens is 389 g/mol. The molecule has 0 radical (unpaired) electrons. The van der Waals surface area contributed by atoms with Crippen LogP contribution >= 0.6 is 11.8 Å². The molecule has 1 aromatic heterocycles. The molecule has 144 valence electrons. The van der Waals surface area contributed by atoms with Gasteiger partial charge in [-0.15, -0.1) is 24.9 Å². The fourth-order valence-electron chi connectivity index (χ4n) is 2.33. The fraction of sp³-hybridized carbons (Fsp3) is 0.100. The second-order valence-corrected chi connectivity index (χ2v) is 6.75. The third-order valence-corrected chi connectivity index (χ3v) is 4.65. The molecule has 4 nitrogen and oxygen atoms in total. The zero-order valence-corrected chi connectivity index (χ0v) is 15.3. The maximum absolute atomic E-state index is 12.3. The van der Waals surface area contributed by atoms with Crippen LogP contribution in [0, 0.1) is 0 Å². The van der Waals surface area contributed by atoms with Crippen LogP contribution in [0.15, 0.2) is 78.0 Å². The summed E-state index contributed by atoms with van der Waals surface area (Å²) < 4.78 is 40.7. The summed E-state index contributed by atoms with van der Waals surface area (Å²) in [6, 6.07) is 16.0. The van der Waals surface area contributed by atoms with Crippen LogP contribution in [0.3, 0.4) is 0 Å². The second-order valence-electron chi connectivity index (χ2n) is 5.70. The number of amides is 1. The Bertz CT molecular complexity index is 932. The van der Waals surface area contributed by atoms with E-state index in [1.165, 1.54) is 12.1 Å². The lowest BCUT2D eigenvalue weighted by atomic mass is 10.2. The number of carbonyl (C=O) groups excluding carboxylic acids is 1. The van der Waals surface area contributed by atoms with E-state index in [4.69, 9.17) is 0 Å². The topological polar surface area (TPSA) is 51.2 Å². The van der Waals surface area contributed by atoms with E-state index < -0.39 is 18.0 Å². The number of thioether (sulfide) groups is 1. The standard InChI is InChI=1S/C20H15F3N2O2S/c21-20(22,23)27-17-5-1-4-16(11-17)25-19(26)15-6-8-18(9-7-15)28-13-14-3-2-10-24-12-14/h1-12H,13H2,(H,25,26). The van der Waals surface area contributed by atoms with Crippen LogP contribution in [-0.4, -0.2) is 17.3 Å². The Morgan fingerprint density at radius 1 is 1.07 bits per heavy atom. The van der Waals surface area contributed by atoms with E-state index >= 15 is 0 Å². The monoisotopic (exact) mass is 404 g/mol. The number of nitrogens with one attached hydrogen (secondary N) is 1. The maximum atomic E-state index is 12.3. The number of aromatic nitrogens is 1. The van der Waals surface area contributed by atoms with Gasteiger partial charge in [0.1, 0.15) is 5.75 Å². The highest BCUT2D eigenvalue weighted by molar-refractivity contribution is 7.98. The predicted octanol–water partition coefficient (Wildman–Crippen LogP) is 5.52.